The summed E-state index contributed by atoms with van der Waals surface area (Å²) in [6.07, 6.45) is 3.36. The molecule has 3 rings (SSSR count). The fraction of sp³-hybridized carbons (Fsp3) is 0.0625. The minimum atomic E-state index is 0.544. The van der Waals surface area contributed by atoms with Crippen LogP contribution in [0.1, 0.15) is 5.56 Å². The number of anilines is 2. The number of hydrogen-bond acceptors (Lipinski definition) is 3. The topological polar surface area (TPSA) is 49.8 Å². The van der Waals surface area contributed by atoms with Gasteiger partial charge in [-0.05, 0) is 49.5 Å². The van der Waals surface area contributed by atoms with E-state index in [1.165, 1.54) is 5.56 Å². The van der Waals surface area contributed by atoms with Gasteiger partial charge in [-0.15, -0.1) is 0 Å². The number of thiocarbonyl (C=S) groups is 1. The van der Waals surface area contributed by atoms with Gasteiger partial charge in [0.25, 0.3) is 0 Å². The van der Waals surface area contributed by atoms with Crippen LogP contribution in [0.15, 0.2) is 54.9 Å². The molecule has 2 N–H and O–H groups in total. The Hall–Kier alpha value is -2.53. The fourth-order valence-corrected chi connectivity index (χ4v) is 2.21. The van der Waals surface area contributed by atoms with Gasteiger partial charge in [-0.1, -0.05) is 17.7 Å². The maximum Gasteiger partial charge on any atom is 0.175 e. The molecule has 4 nitrogen and oxygen atoms in total. The van der Waals surface area contributed by atoms with Gasteiger partial charge in [0, 0.05) is 23.8 Å². The van der Waals surface area contributed by atoms with Gasteiger partial charge < -0.3 is 10.6 Å². The second kappa shape index (κ2) is 5.85. The molecule has 0 fully saturated rings. The first-order valence-corrected chi connectivity index (χ1v) is 6.97. The summed E-state index contributed by atoms with van der Waals surface area (Å²) in [6.45, 7) is 2.05. The summed E-state index contributed by atoms with van der Waals surface area (Å²) in [6, 6.07) is 13.8. The van der Waals surface area contributed by atoms with E-state index >= 15 is 0 Å². The number of nitrogens with one attached hydrogen (secondary N) is 2. The molecule has 21 heavy (non-hydrogen) atoms. The average Bonchev–Trinajstić information content (AvgIpc) is 2.49. The zero-order valence-corrected chi connectivity index (χ0v) is 12.3. The molecule has 0 unspecified atom stereocenters. The summed E-state index contributed by atoms with van der Waals surface area (Å²) < 4.78 is 0. The Kier molecular flexibility index (Phi) is 3.75. The smallest absolute Gasteiger partial charge is 0.175 e. The zero-order valence-electron chi connectivity index (χ0n) is 11.5. The second-order valence-corrected chi connectivity index (χ2v) is 5.11. The van der Waals surface area contributed by atoms with Gasteiger partial charge in [0.1, 0.15) is 0 Å². The molecule has 1 heterocycles. The van der Waals surface area contributed by atoms with Crippen molar-refractivity contribution in [1.82, 2.24) is 9.97 Å². The number of benzene rings is 2. The Labute approximate surface area is 128 Å². The maximum atomic E-state index is 5.32. The van der Waals surface area contributed by atoms with Crippen molar-refractivity contribution < 1.29 is 0 Å². The van der Waals surface area contributed by atoms with E-state index in [1.807, 2.05) is 42.5 Å². The largest absolute Gasteiger partial charge is 0.332 e. The summed E-state index contributed by atoms with van der Waals surface area (Å²) in [7, 11) is 0. The van der Waals surface area contributed by atoms with Gasteiger partial charge in [0.15, 0.2) is 5.11 Å². The van der Waals surface area contributed by atoms with Crippen LogP contribution in [0.4, 0.5) is 11.4 Å². The third kappa shape index (κ3) is 3.32. The van der Waals surface area contributed by atoms with E-state index in [1.54, 1.807) is 12.4 Å². The van der Waals surface area contributed by atoms with Crippen molar-refractivity contribution >= 4 is 39.7 Å². The molecule has 2 aromatic carbocycles. The van der Waals surface area contributed by atoms with E-state index < -0.39 is 0 Å². The highest BCUT2D eigenvalue weighted by atomic mass is 32.1. The molecule has 0 aliphatic rings. The number of aromatic nitrogens is 2. The van der Waals surface area contributed by atoms with Crippen LogP contribution in [0.2, 0.25) is 0 Å². The Morgan fingerprint density at radius 3 is 2.24 bits per heavy atom. The van der Waals surface area contributed by atoms with E-state index in [2.05, 4.69) is 27.5 Å². The number of rotatable bonds is 2. The van der Waals surface area contributed by atoms with Crippen LogP contribution in [0.5, 0.6) is 0 Å². The van der Waals surface area contributed by atoms with Crippen molar-refractivity contribution in [1.29, 1.82) is 0 Å². The van der Waals surface area contributed by atoms with Crippen molar-refractivity contribution in [2.45, 2.75) is 6.92 Å². The van der Waals surface area contributed by atoms with Gasteiger partial charge in [-0.2, -0.15) is 0 Å². The molecule has 104 valence electrons. The zero-order chi connectivity index (χ0) is 14.7. The molecule has 0 spiro atoms. The highest BCUT2D eigenvalue weighted by Crippen LogP contribution is 2.16. The SMILES string of the molecule is Cc1ccc(NC(=S)Nc2ccc3nccnc3c2)cc1. The van der Waals surface area contributed by atoms with E-state index in [4.69, 9.17) is 12.2 Å². The lowest BCUT2D eigenvalue weighted by Gasteiger charge is -2.11. The monoisotopic (exact) mass is 294 g/mol. The van der Waals surface area contributed by atoms with Crippen LogP contribution in [0.25, 0.3) is 11.0 Å². The number of nitrogens with zero attached hydrogens (tertiary/aromatic N) is 2. The first-order valence-electron chi connectivity index (χ1n) is 6.56. The van der Waals surface area contributed by atoms with Crippen LogP contribution < -0.4 is 10.6 Å². The van der Waals surface area contributed by atoms with Crippen molar-refractivity contribution in [3.8, 4) is 0 Å². The standard InChI is InChI=1S/C16H14N4S/c1-11-2-4-12(5-3-11)19-16(21)20-13-6-7-14-15(10-13)18-9-8-17-14/h2-10H,1H3,(H2,19,20,21). The summed E-state index contributed by atoms with van der Waals surface area (Å²) in [5, 5.41) is 6.84. The Morgan fingerprint density at radius 1 is 0.857 bits per heavy atom. The van der Waals surface area contributed by atoms with Crippen molar-refractivity contribution in [2.24, 2.45) is 0 Å². The van der Waals surface area contributed by atoms with Crippen LogP contribution in [0.3, 0.4) is 0 Å². The Morgan fingerprint density at radius 2 is 1.48 bits per heavy atom. The molecule has 0 bridgehead atoms. The van der Waals surface area contributed by atoms with Gasteiger partial charge in [0.2, 0.25) is 0 Å². The summed E-state index contributed by atoms with van der Waals surface area (Å²) in [5.41, 5.74) is 4.75. The number of fused-ring (bicyclic) bond motifs is 1. The minimum absolute atomic E-state index is 0.544. The van der Waals surface area contributed by atoms with Gasteiger partial charge in [0.05, 0.1) is 11.0 Å². The Balaban J connectivity index is 1.72. The van der Waals surface area contributed by atoms with E-state index in [9.17, 15) is 0 Å². The molecule has 0 atom stereocenters. The molecule has 0 aliphatic heterocycles. The molecule has 0 saturated heterocycles. The average molecular weight is 294 g/mol. The molecule has 0 saturated carbocycles. The van der Waals surface area contributed by atoms with Crippen molar-refractivity contribution in [3.05, 3.63) is 60.4 Å². The fourth-order valence-electron chi connectivity index (χ4n) is 1.97. The molecular formula is C16H14N4S. The third-order valence-corrected chi connectivity index (χ3v) is 3.24. The predicted molar refractivity (Wildman–Crippen MR) is 90.6 cm³/mol. The van der Waals surface area contributed by atoms with Gasteiger partial charge >= 0.3 is 0 Å². The molecule has 1 aromatic heterocycles. The van der Waals surface area contributed by atoms with Crippen LogP contribution in [0, 0.1) is 6.92 Å². The molecule has 3 aromatic rings. The van der Waals surface area contributed by atoms with Crippen molar-refractivity contribution in [3.63, 3.8) is 0 Å². The van der Waals surface area contributed by atoms with Crippen LogP contribution in [-0.2, 0) is 0 Å². The molecule has 0 aliphatic carbocycles. The van der Waals surface area contributed by atoms with E-state index in [0.29, 0.717) is 5.11 Å². The Bertz CT molecular complexity index is 784. The molecule has 0 amide bonds. The first-order chi connectivity index (χ1) is 10.2. The van der Waals surface area contributed by atoms with Crippen LogP contribution in [-0.4, -0.2) is 15.1 Å². The predicted octanol–water partition coefficient (Wildman–Crippen LogP) is 3.75. The van der Waals surface area contributed by atoms with E-state index in [0.717, 1.165) is 22.4 Å². The highest BCUT2D eigenvalue weighted by Gasteiger charge is 2.01. The summed E-state index contributed by atoms with van der Waals surface area (Å²) in [4.78, 5) is 8.52. The van der Waals surface area contributed by atoms with Gasteiger partial charge in [-0.3, -0.25) is 9.97 Å². The normalized spacial score (nSPS) is 10.3. The lowest BCUT2D eigenvalue weighted by Crippen LogP contribution is -2.18. The first kappa shape index (κ1) is 13.5. The highest BCUT2D eigenvalue weighted by molar-refractivity contribution is 7.80. The molecule has 5 heteroatoms. The van der Waals surface area contributed by atoms with Crippen molar-refractivity contribution in [2.75, 3.05) is 10.6 Å². The summed E-state index contributed by atoms with van der Waals surface area (Å²) >= 11 is 5.32. The molecular weight excluding hydrogens is 280 g/mol. The van der Waals surface area contributed by atoms with Crippen LogP contribution >= 0.6 is 12.2 Å². The second-order valence-electron chi connectivity index (χ2n) is 4.70. The number of hydrogen-bond donors (Lipinski definition) is 2. The lowest BCUT2D eigenvalue weighted by atomic mass is 10.2. The van der Waals surface area contributed by atoms with Gasteiger partial charge in [-0.25, -0.2) is 0 Å². The maximum absolute atomic E-state index is 5.32. The third-order valence-electron chi connectivity index (χ3n) is 3.04. The minimum Gasteiger partial charge on any atom is -0.332 e. The molecule has 0 radical (unpaired) electrons. The summed E-state index contributed by atoms with van der Waals surface area (Å²) in [5.74, 6) is 0. The number of aryl methyl sites for hydroxylation is 1. The van der Waals surface area contributed by atoms with E-state index in [-0.39, 0.29) is 0 Å². The quantitative estimate of drug-likeness (QED) is 0.705. The lowest BCUT2D eigenvalue weighted by molar-refractivity contribution is 1.29.